The molecule has 0 bridgehead atoms. The predicted molar refractivity (Wildman–Crippen MR) is 83.8 cm³/mol. The van der Waals surface area contributed by atoms with E-state index in [9.17, 15) is 4.79 Å². The number of aryl methyl sites for hydroxylation is 1. The van der Waals surface area contributed by atoms with Gasteiger partial charge in [-0.2, -0.15) is 0 Å². The minimum absolute atomic E-state index is 0. The highest BCUT2D eigenvalue weighted by Crippen LogP contribution is 2.17. The van der Waals surface area contributed by atoms with Crippen molar-refractivity contribution in [1.29, 1.82) is 0 Å². The van der Waals surface area contributed by atoms with Crippen LogP contribution in [0.3, 0.4) is 0 Å². The molecule has 0 saturated heterocycles. The number of carbonyl (C=O) groups is 1. The van der Waals surface area contributed by atoms with E-state index in [1.807, 2.05) is 0 Å². The molecular weight excluding hydrogens is 300 g/mol. The van der Waals surface area contributed by atoms with Crippen molar-refractivity contribution in [2.75, 3.05) is 32.1 Å². The average molecular weight is 323 g/mol. The average Bonchev–Trinajstić information content (AvgIpc) is 2.83. The number of halogens is 1. The highest BCUT2D eigenvalue weighted by atomic mass is 35.5. The summed E-state index contributed by atoms with van der Waals surface area (Å²) in [7, 11) is 1.63. The van der Waals surface area contributed by atoms with Gasteiger partial charge in [0, 0.05) is 20.1 Å². The second-order valence-electron chi connectivity index (χ2n) is 4.18. The molecule has 116 valence electrons. The second kappa shape index (κ2) is 12.0. The molecule has 0 aliphatic rings. The van der Waals surface area contributed by atoms with Crippen LogP contribution in [-0.4, -0.2) is 42.9 Å². The van der Waals surface area contributed by atoms with Crippen LogP contribution in [0, 0.1) is 0 Å². The molecule has 1 aromatic rings. The van der Waals surface area contributed by atoms with Gasteiger partial charge in [-0.25, -0.2) is 0 Å². The van der Waals surface area contributed by atoms with E-state index in [4.69, 9.17) is 4.74 Å². The number of methoxy groups -OCH3 is 1. The molecule has 0 fully saturated rings. The highest BCUT2D eigenvalue weighted by molar-refractivity contribution is 7.15. The number of amides is 1. The normalized spacial score (nSPS) is 10.1. The maximum absolute atomic E-state index is 11.6. The number of nitrogens with zero attached hydrogens (tertiary/aromatic N) is 2. The second-order valence-corrected chi connectivity index (χ2v) is 5.24. The van der Waals surface area contributed by atoms with E-state index in [0.29, 0.717) is 18.3 Å². The number of nitrogens with one attached hydrogen (secondary N) is 2. The zero-order valence-corrected chi connectivity index (χ0v) is 13.6. The standard InChI is InChI=1S/C12H22N4O2S.ClH/c1-3-4-5-6-11-15-16-12(19-11)14-10(17)9-13-7-8-18-2;/h13H,3-9H2,1-2H3,(H,14,16,17);1H. The lowest BCUT2D eigenvalue weighted by atomic mass is 10.2. The largest absolute Gasteiger partial charge is 0.383 e. The topological polar surface area (TPSA) is 76.1 Å². The highest BCUT2D eigenvalue weighted by Gasteiger charge is 2.07. The van der Waals surface area contributed by atoms with Crippen molar-refractivity contribution in [3.63, 3.8) is 0 Å². The van der Waals surface area contributed by atoms with E-state index in [1.54, 1.807) is 7.11 Å². The third kappa shape index (κ3) is 8.42. The van der Waals surface area contributed by atoms with Crippen molar-refractivity contribution in [2.24, 2.45) is 0 Å². The van der Waals surface area contributed by atoms with E-state index >= 15 is 0 Å². The lowest BCUT2D eigenvalue weighted by Crippen LogP contribution is -2.30. The first-order valence-corrected chi connectivity index (χ1v) is 7.39. The van der Waals surface area contributed by atoms with E-state index in [-0.39, 0.29) is 24.9 Å². The Morgan fingerprint density at radius 1 is 1.35 bits per heavy atom. The van der Waals surface area contributed by atoms with Crippen LogP contribution in [0.25, 0.3) is 0 Å². The van der Waals surface area contributed by atoms with Crippen molar-refractivity contribution in [2.45, 2.75) is 32.6 Å². The molecule has 1 rings (SSSR count). The van der Waals surface area contributed by atoms with Gasteiger partial charge in [-0.15, -0.1) is 22.6 Å². The third-order valence-electron chi connectivity index (χ3n) is 2.48. The molecule has 0 radical (unpaired) electrons. The van der Waals surface area contributed by atoms with Crippen LogP contribution in [-0.2, 0) is 16.0 Å². The monoisotopic (exact) mass is 322 g/mol. The zero-order chi connectivity index (χ0) is 13.9. The number of rotatable bonds is 10. The van der Waals surface area contributed by atoms with Gasteiger partial charge < -0.3 is 10.1 Å². The molecule has 0 atom stereocenters. The van der Waals surface area contributed by atoms with E-state index in [0.717, 1.165) is 17.8 Å². The fourth-order valence-corrected chi connectivity index (χ4v) is 2.27. The van der Waals surface area contributed by atoms with Crippen LogP contribution in [0.1, 0.15) is 31.2 Å². The molecule has 1 aromatic heterocycles. The first-order chi connectivity index (χ1) is 9.26. The van der Waals surface area contributed by atoms with Crippen LogP contribution < -0.4 is 10.6 Å². The Kier molecular flexibility index (Phi) is 11.6. The molecule has 1 heterocycles. The summed E-state index contributed by atoms with van der Waals surface area (Å²) >= 11 is 1.45. The Balaban J connectivity index is 0.00000361. The van der Waals surface area contributed by atoms with Crippen LogP contribution in [0.5, 0.6) is 0 Å². The molecule has 0 aliphatic heterocycles. The van der Waals surface area contributed by atoms with Gasteiger partial charge in [0.1, 0.15) is 5.01 Å². The van der Waals surface area contributed by atoms with Gasteiger partial charge in [0.25, 0.3) is 0 Å². The molecule has 0 spiro atoms. The summed E-state index contributed by atoms with van der Waals surface area (Å²) in [5, 5.41) is 15.3. The first kappa shape index (κ1) is 19.2. The number of aromatic nitrogens is 2. The summed E-state index contributed by atoms with van der Waals surface area (Å²) in [6, 6.07) is 0. The first-order valence-electron chi connectivity index (χ1n) is 6.58. The third-order valence-corrected chi connectivity index (χ3v) is 3.37. The Bertz CT molecular complexity index is 376. The summed E-state index contributed by atoms with van der Waals surface area (Å²) in [5.74, 6) is -0.104. The van der Waals surface area contributed by atoms with Crippen molar-refractivity contribution < 1.29 is 9.53 Å². The van der Waals surface area contributed by atoms with Gasteiger partial charge >= 0.3 is 0 Å². The molecule has 0 saturated carbocycles. The fourth-order valence-electron chi connectivity index (χ4n) is 1.47. The van der Waals surface area contributed by atoms with Crippen LogP contribution in [0.2, 0.25) is 0 Å². The molecule has 6 nitrogen and oxygen atoms in total. The van der Waals surface area contributed by atoms with Crippen molar-refractivity contribution in [3.8, 4) is 0 Å². The Morgan fingerprint density at radius 3 is 2.85 bits per heavy atom. The van der Waals surface area contributed by atoms with Crippen molar-refractivity contribution >= 4 is 34.8 Å². The summed E-state index contributed by atoms with van der Waals surface area (Å²) in [6.07, 6.45) is 4.45. The van der Waals surface area contributed by atoms with Gasteiger partial charge in [-0.3, -0.25) is 10.1 Å². The molecule has 1 amide bonds. The minimum Gasteiger partial charge on any atom is -0.383 e. The van der Waals surface area contributed by atoms with Crippen LogP contribution in [0.15, 0.2) is 0 Å². The summed E-state index contributed by atoms with van der Waals surface area (Å²) < 4.78 is 4.88. The number of hydrogen-bond donors (Lipinski definition) is 2. The fraction of sp³-hybridized carbons (Fsp3) is 0.750. The quantitative estimate of drug-likeness (QED) is 0.643. The smallest absolute Gasteiger partial charge is 0.240 e. The van der Waals surface area contributed by atoms with E-state index in [1.165, 1.54) is 24.2 Å². The minimum atomic E-state index is -0.104. The Labute approximate surface area is 130 Å². The maximum Gasteiger partial charge on any atom is 0.240 e. The van der Waals surface area contributed by atoms with Gasteiger partial charge in [-0.05, 0) is 6.42 Å². The lowest BCUT2D eigenvalue weighted by molar-refractivity contribution is -0.115. The Hall–Kier alpha value is -0.760. The maximum atomic E-state index is 11.6. The molecule has 2 N–H and O–H groups in total. The van der Waals surface area contributed by atoms with Crippen LogP contribution >= 0.6 is 23.7 Å². The number of anilines is 1. The predicted octanol–water partition coefficient (Wildman–Crippen LogP) is 1.87. The summed E-state index contributed by atoms with van der Waals surface area (Å²) in [6.45, 7) is 3.67. The van der Waals surface area contributed by atoms with Gasteiger partial charge in [0.2, 0.25) is 11.0 Å². The lowest BCUT2D eigenvalue weighted by Gasteiger charge is -2.03. The van der Waals surface area contributed by atoms with E-state index < -0.39 is 0 Å². The van der Waals surface area contributed by atoms with Crippen LogP contribution in [0.4, 0.5) is 5.13 Å². The van der Waals surface area contributed by atoms with E-state index in [2.05, 4.69) is 27.8 Å². The number of carbonyl (C=O) groups excluding carboxylic acids is 1. The molecule has 0 aliphatic carbocycles. The molecule has 0 aromatic carbocycles. The molecule has 8 heteroatoms. The molecular formula is C12H23ClN4O2S. The number of unbranched alkanes of at least 4 members (excludes halogenated alkanes) is 2. The van der Waals surface area contributed by atoms with Crippen molar-refractivity contribution in [1.82, 2.24) is 15.5 Å². The summed E-state index contributed by atoms with van der Waals surface area (Å²) in [5.41, 5.74) is 0. The number of ether oxygens (including phenoxy) is 1. The SMILES string of the molecule is CCCCCc1nnc(NC(=O)CNCCOC)s1.Cl. The zero-order valence-electron chi connectivity index (χ0n) is 12.0. The summed E-state index contributed by atoms with van der Waals surface area (Å²) in [4.78, 5) is 11.6. The van der Waals surface area contributed by atoms with Crippen molar-refractivity contribution in [3.05, 3.63) is 5.01 Å². The van der Waals surface area contributed by atoms with Gasteiger partial charge in [0.15, 0.2) is 0 Å². The molecule has 0 unspecified atom stereocenters. The van der Waals surface area contributed by atoms with Gasteiger partial charge in [0.05, 0.1) is 13.2 Å². The Morgan fingerprint density at radius 2 is 2.15 bits per heavy atom. The number of hydrogen-bond acceptors (Lipinski definition) is 6. The molecule has 20 heavy (non-hydrogen) atoms. The van der Waals surface area contributed by atoms with Gasteiger partial charge in [-0.1, -0.05) is 31.1 Å².